The highest BCUT2D eigenvalue weighted by Crippen LogP contribution is 2.15. The summed E-state index contributed by atoms with van der Waals surface area (Å²) in [6.07, 6.45) is 2.14. The van der Waals surface area contributed by atoms with E-state index in [2.05, 4.69) is 0 Å². The largest absolute Gasteiger partial charge is 0.391 e. The lowest BCUT2D eigenvalue weighted by atomic mass is 10.0. The summed E-state index contributed by atoms with van der Waals surface area (Å²) in [7, 11) is 0. The molecule has 0 aromatic heterocycles. The first-order valence-electron chi connectivity index (χ1n) is 5.32. The van der Waals surface area contributed by atoms with Crippen LogP contribution in [0, 0.1) is 5.92 Å². The normalized spacial score (nSPS) is 23.9. The van der Waals surface area contributed by atoms with Crippen LogP contribution in [0.25, 0.3) is 0 Å². The number of hydrogen-bond donors (Lipinski definition) is 2. The van der Waals surface area contributed by atoms with Gasteiger partial charge >= 0.3 is 0 Å². The molecule has 1 amide bonds. The predicted octanol–water partition coefficient (Wildman–Crippen LogP) is -0.0454. The van der Waals surface area contributed by atoms with Crippen LogP contribution in [0.5, 0.6) is 0 Å². The fourth-order valence-electron chi connectivity index (χ4n) is 1.80. The fraction of sp³-hybridized carbons (Fsp3) is 0.900. The Balaban J connectivity index is 2.32. The van der Waals surface area contributed by atoms with Crippen LogP contribution in [0.1, 0.15) is 26.2 Å². The predicted molar refractivity (Wildman–Crippen MR) is 54.7 cm³/mol. The smallest absolute Gasteiger partial charge is 0.225 e. The first kappa shape index (κ1) is 11.5. The van der Waals surface area contributed by atoms with Crippen LogP contribution < -0.4 is 5.73 Å². The number of likely N-dealkylation sites (tertiary alicyclic amines) is 1. The van der Waals surface area contributed by atoms with Gasteiger partial charge in [-0.2, -0.15) is 0 Å². The van der Waals surface area contributed by atoms with Gasteiger partial charge < -0.3 is 15.7 Å². The molecule has 4 nitrogen and oxygen atoms in total. The second-order valence-corrected chi connectivity index (χ2v) is 4.06. The monoisotopic (exact) mass is 200 g/mol. The van der Waals surface area contributed by atoms with Crippen LogP contribution in [0.3, 0.4) is 0 Å². The minimum atomic E-state index is -0.319. The topological polar surface area (TPSA) is 66.6 Å². The lowest BCUT2D eigenvalue weighted by Crippen LogP contribution is -2.34. The minimum absolute atomic E-state index is 0.0452. The number of nitrogens with zero attached hydrogens (tertiary/aromatic N) is 1. The van der Waals surface area contributed by atoms with Gasteiger partial charge in [0.1, 0.15) is 0 Å². The fourth-order valence-corrected chi connectivity index (χ4v) is 1.80. The molecule has 0 aromatic carbocycles. The van der Waals surface area contributed by atoms with Gasteiger partial charge in [0.15, 0.2) is 0 Å². The summed E-state index contributed by atoms with van der Waals surface area (Å²) in [5.74, 6) is 0.207. The third-order valence-corrected chi connectivity index (χ3v) is 2.74. The third kappa shape index (κ3) is 2.96. The SMILES string of the molecule is CC(CCCN)C(=O)N1CCC(O)C1. The van der Waals surface area contributed by atoms with Gasteiger partial charge in [-0.15, -0.1) is 0 Å². The van der Waals surface area contributed by atoms with Gasteiger partial charge in [-0.1, -0.05) is 6.92 Å². The summed E-state index contributed by atoms with van der Waals surface area (Å²) >= 11 is 0. The Bertz CT molecular complexity index is 197. The first-order valence-corrected chi connectivity index (χ1v) is 5.32. The minimum Gasteiger partial charge on any atom is -0.391 e. The number of aliphatic hydroxyl groups is 1. The van der Waals surface area contributed by atoms with Crippen molar-refractivity contribution in [2.45, 2.75) is 32.3 Å². The Hall–Kier alpha value is -0.610. The van der Waals surface area contributed by atoms with Crippen LogP contribution in [0.4, 0.5) is 0 Å². The van der Waals surface area contributed by atoms with E-state index >= 15 is 0 Å². The zero-order chi connectivity index (χ0) is 10.6. The Morgan fingerprint density at radius 1 is 1.71 bits per heavy atom. The summed E-state index contributed by atoms with van der Waals surface area (Å²) in [6.45, 7) is 3.78. The van der Waals surface area contributed by atoms with Crippen LogP contribution in [-0.4, -0.2) is 41.7 Å². The van der Waals surface area contributed by atoms with Crippen molar-refractivity contribution in [3.05, 3.63) is 0 Å². The second kappa shape index (κ2) is 5.32. The maximum atomic E-state index is 11.8. The summed E-state index contributed by atoms with van der Waals surface area (Å²) < 4.78 is 0. The van der Waals surface area contributed by atoms with Gasteiger partial charge in [0.25, 0.3) is 0 Å². The highest BCUT2D eigenvalue weighted by molar-refractivity contribution is 5.78. The molecule has 1 heterocycles. The lowest BCUT2D eigenvalue weighted by Gasteiger charge is -2.20. The molecule has 1 aliphatic rings. The molecule has 1 aliphatic heterocycles. The number of aliphatic hydroxyl groups excluding tert-OH is 1. The molecule has 1 rings (SSSR count). The summed E-state index contributed by atoms with van der Waals surface area (Å²) in [4.78, 5) is 13.5. The van der Waals surface area contributed by atoms with Crippen LogP contribution in [-0.2, 0) is 4.79 Å². The van der Waals surface area contributed by atoms with Crippen molar-refractivity contribution in [1.82, 2.24) is 4.90 Å². The quantitative estimate of drug-likeness (QED) is 0.669. The molecule has 4 heteroatoms. The Morgan fingerprint density at radius 3 is 2.93 bits per heavy atom. The molecule has 0 aliphatic carbocycles. The molecule has 0 radical (unpaired) electrons. The van der Waals surface area contributed by atoms with E-state index in [1.54, 1.807) is 4.90 Å². The first-order chi connectivity index (χ1) is 6.65. The number of hydrogen-bond acceptors (Lipinski definition) is 3. The number of nitrogens with two attached hydrogens (primary N) is 1. The average molecular weight is 200 g/mol. The molecule has 0 spiro atoms. The van der Waals surface area contributed by atoms with E-state index in [0.29, 0.717) is 19.6 Å². The average Bonchev–Trinajstić information content (AvgIpc) is 2.60. The number of amides is 1. The molecule has 3 N–H and O–H groups in total. The molecule has 1 fully saturated rings. The number of β-amino-alcohol motifs (C(OH)–C–C–N with tert-alkyl or cyclic N) is 1. The summed E-state index contributed by atoms with van der Waals surface area (Å²) in [6, 6.07) is 0. The van der Waals surface area contributed by atoms with E-state index in [1.165, 1.54) is 0 Å². The van der Waals surface area contributed by atoms with E-state index in [-0.39, 0.29) is 17.9 Å². The standard InChI is InChI=1S/C10H20N2O2/c1-8(3-2-5-11)10(14)12-6-4-9(13)7-12/h8-9,13H,2-7,11H2,1H3. The third-order valence-electron chi connectivity index (χ3n) is 2.74. The van der Waals surface area contributed by atoms with Crippen molar-refractivity contribution in [3.63, 3.8) is 0 Å². The number of carbonyl (C=O) groups is 1. The van der Waals surface area contributed by atoms with Crippen molar-refractivity contribution in [2.24, 2.45) is 11.7 Å². The summed E-state index contributed by atoms with van der Waals surface area (Å²) in [5.41, 5.74) is 5.39. The van der Waals surface area contributed by atoms with E-state index in [1.807, 2.05) is 6.92 Å². The van der Waals surface area contributed by atoms with Crippen molar-refractivity contribution in [1.29, 1.82) is 0 Å². The molecule has 2 unspecified atom stereocenters. The van der Waals surface area contributed by atoms with E-state index < -0.39 is 0 Å². The van der Waals surface area contributed by atoms with Gasteiger partial charge in [-0.3, -0.25) is 4.79 Å². The molecule has 0 saturated carbocycles. The maximum absolute atomic E-state index is 11.8. The highest BCUT2D eigenvalue weighted by atomic mass is 16.3. The van der Waals surface area contributed by atoms with Gasteiger partial charge in [-0.25, -0.2) is 0 Å². The maximum Gasteiger partial charge on any atom is 0.225 e. The lowest BCUT2D eigenvalue weighted by molar-refractivity contribution is -0.134. The van der Waals surface area contributed by atoms with E-state index in [9.17, 15) is 9.90 Å². The number of rotatable bonds is 4. The highest BCUT2D eigenvalue weighted by Gasteiger charge is 2.27. The van der Waals surface area contributed by atoms with Crippen LogP contribution in [0.15, 0.2) is 0 Å². The van der Waals surface area contributed by atoms with Crippen molar-refractivity contribution < 1.29 is 9.90 Å². The zero-order valence-electron chi connectivity index (χ0n) is 8.78. The van der Waals surface area contributed by atoms with Gasteiger partial charge in [0, 0.05) is 19.0 Å². The molecule has 1 saturated heterocycles. The summed E-state index contributed by atoms with van der Waals surface area (Å²) in [5, 5.41) is 9.29. The Labute approximate surface area is 85.1 Å². The molecular formula is C10H20N2O2. The molecule has 0 aromatic rings. The molecule has 0 bridgehead atoms. The Morgan fingerprint density at radius 2 is 2.43 bits per heavy atom. The van der Waals surface area contributed by atoms with Crippen LogP contribution in [0.2, 0.25) is 0 Å². The molecule has 82 valence electrons. The van der Waals surface area contributed by atoms with Gasteiger partial charge in [0.2, 0.25) is 5.91 Å². The molecule has 2 atom stereocenters. The second-order valence-electron chi connectivity index (χ2n) is 4.06. The van der Waals surface area contributed by atoms with Gasteiger partial charge in [0.05, 0.1) is 6.10 Å². The van der Waals surface area contributed by atoms with Crippen LogP contribution >= 0.6 is 0 Å². The molecular weight excluding hydrogens is 180 g/mol. The van der Waals surface area contributed by atoms with Crippen molar-refractivity contribution in [2.75, 3.05) is 19.6 Å². The van der Waals surface area contributed by atoms with Crippen molar-refractivity contribution in [3.8, 4) is 0 Å². The van der Waals surface area contributed by atoms with Crippen molar-refractivity contribution >= 4 is 5.91 Å². The molecule has 14 heavy (non-hydrogen) atoms. The number of carbonyl (C=O) groups excluding carboxylic acids is 1. The van der Waals surface area contributed by atoms with Gasteiger partial charge in [-0.05, 0) is 25.8 Å². The Kier molecular flexibility index (Phi) is 4.35. The van der Waals surface area contributed by atoms with E-state index in [0.717, 1.165) is 19.3 Å². The zero-order valence-corrected chi connectivity index (χ0v) is 8.78. The van der Waals surface area contributed by atoms with E-state index in [4.69, 9.17) is 5.73 Å².